The molecule has 0 fully saturated rings. The van der Waals surface area contributed by atoms with Crippen molar-refractivity contribution in [2.45, 2.75) is 10.9 Å². The molecule has 0 aliphatic heterocycles. The van der Waals surface area contributed by atoms with Gasteiger partial charge in [-0.25, -0.2) is 0 Å². The maximum atomic E-state index is 5.84. The molecule has 0 unspecified atom stereocenters. The molecule has 5 rings (SSSR count). The number of nitrogens with zero attached hydrogens (tertiary/aromatic N) is 5. The minimum atomic E-state index is 0.475. The third-order valence-corrected chi connectivity index (χ3v) is 5.70. The van der Waals surface area contributed by atoms with Gasteiger partial charge in [-0.05, 0) is 36.4 Å². The van der Waals surface area contributed by atoms with Gasteiger partial charge < -0.3 is 9.15 Å². The van der Waals surface area contributed by atoms with Crippen LogP contribution in [-0.4, -0.2) is 32.1 Å². The summed E-state index contributed by atoms with van der Waals surface area (Å²) in [6.07, 6.45) is 0. The summed E-state index contributed by atoms with van der Waals surface area (Å²) in [6.45, 7) is 0. The topological polar surface area (TPSA) is 78.9 Å². The lowest BCUT2D eigenvalue weighted by atomic mass is 10.2. The molecular weight excluding hydrogens is 422 g/mol. The number of benzene rings is 3. The quantitative estimate of drug-likeness (QED) is 0.318. The molecule has 0 aliphatic carbocycles. The van der Waals surface area contributed by atoms with Gasteiger partial charge in [-0.2, -0.15) is 0 Å². The van der Waals surface area contributed by atoms with Gasteiger partial charge in [0.2, 0.25) is 11.8 Å². The Hall–Kier alpha value is -3.91. The highest BCUT2D eigenvalue weighted by molar-refractivity contribution is 7.98. The average Bonchev–Trinajstić information content (AvgIpc) is 3.51. The first-order chi connectivity index (χ1) is 15.8. The van der Waals surface area contributed by atoms with E-state index in [2.05, 4.69) is 20.4 Å². The van der Waals surface area contributed by atoms with Gasteiger partial charge in [0.25, 0.3) is 0 Å². The number of hydrogen-bond acceptors (Lipinski definition) is 7. The van der Waals surface area contributed by atoms with Gasteiger partial charge >= 0.3 is 0 Å². The van der Waals surface area contributed by atoms with E-state index in [1.54, 1.807) is 7.11 Å². The van der Waals surface area contributed by atoms with E-state index in [-0.39, 0.29) is 0 Å². The fraction of sp³-hybridized carbons (Fsp3) is 0.0833. The number of rotatable bonds is 7. The summed E-state index contributed by atoms with van der Waals surface area (Å²) in [5.74, 6) is 3.00. The van der Waals surface area contributed by atoms with Gasteiger partial charge in [0.05, 0.1) is 12.9 Å². The molecule has 0 radical (unpaired) electrons. The average molecular weight is 442 g/mol. The lowest BCUT2D eigenvalue weighted by molar-refractivity contribution is 0.415. The van der Waals surface area contributed by atoms with E-state index < -0.39 is 0 Å². The van der Waals surface area contributed by atoms with Gasteiger partial charge in [0.15, 0.2) is 11.0 Å². The third kappa shape index (κ3) is 4.13. The zero-order valence-corrected chi connectivity index (χ0v) is 18.1. The molecule has 0 bridgehead atoms. The van der Waals surface area contributed by atoms with Crippen LogP contribution in [0.4, 0.5) is 0 Å². The summed E-state index contributed by atoms with van der Waals surface area (Å²) in [5, 5.41) is 18.0. The normalized spacial score (nSPS) is 10.9. The van der Waals surface area contributed by atoms with Crippen LogP contribution < -0.4 is 4.74 Å². The Balaban J connectivity index is 1.45. The van der Waals surface area contributed by atoms with Crippen LogP contribution in [0.1, 0.15) is 5.89 Å². The molecule has 0 N–H and O–H groups in total. The van der Waals surface area contributed by atoms with Gasteiger partial charge in [0, 0.05) is 16.8 Å². The SMILES string of the molecule is COc1cccc(-c2nnc(SCc3nnc(-c4ccccc4)o3)n2-c2ccccc2)c1. The Labute approximate surface area is 189 Å². The smallest absolute Gasteiger partial charge is 0.247 e. The molecule has 0 atom stereocenters. The summed E-state index contributed by atoms with van der Waals surface area (Å²) in [4.78, 5) is 0. The minimum Gasteiger partial charge on any atom is -0.497 e. The second-order valence-corrected chi connectivity index (χ2v) is 7.81. The highest BCUT2D eigenvalue weighted by atomic mass is 32.2. The number of hydrogen-bond donors (Lipinski definition) is 0. The van der Waals surface area contributed by atoms with Crippen molar-refractivity contribution in [1.82, 2.24) is 25.0 Å². The van der Waals surface area contributed by atoms with E-state index >= 15 is 0 Å². The van der Waals surface area contributed by atoms with Crippen molar-refractivity contribution >= 4 is 11.8 Å². The van der Waals surface area contributed by atoms with E-state index in [4.69, 9.17) is 9.15 Å². The number of thioether (sulfide) groups is 1. The van der Waals surface area contributed by atoms with E-state index in [0.717, 1.165) is 33.5 Å². The maximum Gasteiger partial charge on any atom is 0.247 e. The monoisotopic (exact) mass is 441 g/mol. The van der Waals surface area contributed by atoms with Crippen LogP contribution in [0, 0.1) is 0 Å². The van der Waals surface area contributed by atoms with Crippen LogP contribution in [0.5, 0.6) is 5.75 Å². The summed E-state index contributed by atoms with van der Waals surface area (Å²) >= 11 is 1.49. The highest BCUT2D eigenvalue weighted by Gasteiger charge is 2.18. The molecule has 7 nitrogen and oxygen atoms in total. The molecule has 0 spiro atoms. The first-order valence-electron chi connectivity index (χ1n) is 9.97. The first kappa shape index (κ1) is 20.0. The Morgan fingerprint density at radius 1 is 0.812 bits per heavy atom. The Morgan fingerprint density at radius 3 is 2.34 bits per heavy atom. The predicted octanol–water partition coefficient (Wildman–Crippen LogP) is 5.29. The number of methoxy groups -OCH3 is 1. The molecule has 8 heteroatoms. The van der Waals surface area contributed by atoms with E-state index in [0.29, 0.717) is 17.5 Å². The molecule has 2 heterocycles. The lowest BCUT2D eigenvalue weighted by Crippen LogP contribution is -2.00. The maximum absolute atomic E-state index is 5.84. The summed E-state index contributed by atoms with van der Waals surface area (Å²) in [6, 6.07) is 27.5. The second-order valence-electron chi connectivity index (χ2n) is 6.86. The molecule has 2 aromatic heterocycles. The fourth-order valence-electron chi connectivity index (χ4n) is 3.26. The van der Waals surface area contributed by atoms with Crippen LogP contribution in [-0.2, 0) is 5.75 Å². The van der Waals surface area contributed by atoms with Crippen molar-refractivity contribution < 1.29 is 9.15 Å². The van der Waals surface area contributed by atoms with E-state index in [1.165, 1.54) is 11.8 Å². The minimum absolute atomic E-state index is 0.475. The predicted molar refractivity (Wildman–Crippen MR) is 123 cm³/mol. The van der Waals surface area contributed by atoms with E-state index in [1.807, 2.05) is 89.5 Å². The number of ether oxygens (including phenoxy) is 1. The Bertz CT molecular complexity index is 1320. The number of aromatic nitrogens is 5. The molecule has 0 amide bonds. The van der Waals surface area contributed by atoms with Crippen molar-refractivity contribution in [3.05, 3.63) is 90.8 Å². The molecule has 0 saturated heterocycles. The van der Waals surface area contributed by atoms with Crippen LogP contribution in [0.15, 0.2) is 94.5 Å². The second kappa shape index (κ2) is 9.07. The van der Waals surface area contributed by atoms with Gasteiger partial charge in [-0.15, -0.1) is 20.4 Å². The summed E-state index contributed by atoms with van der Waals surface area (Å²) in [7, 11) is 1.65. The van der Waals surface area contributed by atoms with Gasteiger partial charge in [0.1, 0.15) is 5.75 Å². The molecule has 0 aliphatic rings. The highest BCUT2D eigenvalue weighted by Crippen LogP contribution is 2.31. The lowest BCUT2D eigenvalue weighted by Gasteiger charge is -2.10. The zero-order chi connectivity index (χ0) is 21.8. The molecule has 0 saturated carbocycles. The number of para-hydroxylation sites is 1. The van der Waals surface area contributed by atoms with Gasteiger partial charge in [-0.3, -0.25) is 4.57 Å². The summed E-state index contributed by atoms with van der Waals surface area (Å²) < 4.78 is 13.2. The fourth-order valence-corrected chi connectivity index (χ4v) is 4.05. The standard InChI is InChI=1S/C24H19N5O2S/c1-30-20-14-8-11-18(15-20)22-26-28-24(29(22)19-12-6-3-7-13-19)32-16-21-25-27-23(31-21)17-9-4-2-5-10-17/h2-15H,16H2,1H3. The van der Waals surface area contributed by atoms with Gasteiger partial charge in [-0.1, -0.05) is 60.3 Å². The third-order valence-electron chi connectivity index (χ3n) is 4.79. The zero-order valence-electron chi connectivity index (χ0n) is 17.3. The summed E-state index contributed by atoms with van der Waals surface area (Å²) in [5.41, 5.74) is 2.77. The van der Waals surface area contributed by atoms with Crippen LogP contribution in [0.25, 0.3) is 28.5 Å². The molecule has 32 heavy (non-hydrogen) atoms. The van der Waals surface area contributed by atoms with Crippen molar-refractivity contribution in [3.8, 4) is 34.3 Å². The molecular formula is C24H19N5O2S. The molecule has 5 aromatic rings. The first-order valence-corrected chi connectivity index (χ1v) is 11.0. The Kier molecular flexibility index (Phi) is 5.67. The molecule has 3 aromatic carbocycles. The van der Waals surface area contributed by atoms with Crippen molar-refractivity contribution in [2.24, 2.45) is 0 Å². The van der Waals surface area contributed by atoms with Crippen molar-refractivity contribution in [1.29, 1.82) is 0 Å². The van der Waals surface area contributed by atoms with E-state index in [9.17, 15) is 0 Å². The Morgan fingerprint density at radius 2 is 1.56 bits per heavy atom. The van der Waals surface area contributed by atoms with Crippen molar-refractivity contribution in [2.75, 3.05) is 7.11 Å². The van der Waals surface area contributed by atoms with Crippen molar-refractivity contribution in [3.63, 3.8) is 0 Å². The van der Waals surface area contributed by atoms with Crippen LogP contribution >= 0.6 is 11.8 Å². The largest absolute Gasteiger partial charge is 0.497 e. The molecule has 158 valence electrons. The van der Waals surface area contributed by atoms with Crippen LogP contribution in [0.3, 0.4) is 0 Å². The van der Waals surface area contributed by atoms with Crippen LogP contribution in [0.2, 0.25) is 0 Å².